The molecule has 0 aliphatic rings. The molecule has 0 saturated heterocycles. The molecule has 20 heavy (non-hydrogen) atoms. The van der Waals surface area contributed by atoms with Gasteiger partial charge in [0.2, 0.25) is 0 Å². The second kappa shape index (κ2) is 9.72. The molecule has 1 N–H and O–H groups in total. The van der Waals surface area contributed by atoms with Gasteiger partial charge in [-0.2, -0.15) is 0 Å². The summed E-state index contributed by atoms with van der Waals surface area (Å²) in [7, 11) is 0. The van der Waals surface area contributed by atoms with Crippen LogP contribution in [0.5, 0.6) is 0 Å². The van der Waals surface area contributed by atoms with Crippen molar-refractivity contribution in [3.05, 3.63) is 0 Å². The fraction of sp³-hybridized carbons (Fsp3) is 1.00. The van der Waals surface area contributed by atoms with Crippen molar-refractivity contribution in [1.82, 2.24) is 0 Å². The average Bonchev–Trinajstić information content (AvgIpc) is 2.33. The summed E-state index contributed by atoms with van der Waals surface area (Å²) < 4.78 is 17.4. The zero-order chi connectivity index (χ0) is 15.8. The van der Waals surface area contributed by atoms with Crippen LogP contribution in [0, 0.1) is 0 Å². The van der Waals surface area contributed by atoms with E-state index in [0.29, 0.717) is 6.61 Å². The highest BCUT2D eigenvalue weighted by Crippen LogP contribution is 2.21. The van der Waals surface area contributed by atoms with Gasteiger partial charge in [-0.05, 0) is 54.4 Å². The number of aliphatic hydroxyl groups is 1. The summed E-state index contributed by atoms with van der Waals surface area (Å²) in [6.07, 6.45) is 1.59. The fourth-order valence-corrected chi connectivity index (χ4v) is 1.89. The van der Waals surface area contributed by atoms with Gasteiger partial charge in [0.25, 0.3) is 0 Å². The molecule has 0 aromatic heterocycles. The van der Waals surface area contributed by atoms with Crippen LogP contribution < -0.4 is 0 Å². The molecular formula is C16H34O4. The van der Waals surface area contributed by atoms with E-state index in [2.05, 4.69) is 27.7 Å². The number of hydrogen-bond donors (Lipinski definition) is 1. The minimum Gasteiger partial charge on any atom is -0.391 e. The molecule has 0 rings (SSSR count). The SMILES string of the molecule is CCCOC(C)(C)C(C)OC(C)CC(C)OCC(C)O. The second-order valence-corrected chi connectivity index (χ2v) is 6.27. The molecule has 4 unspecified atom stereocenters. The van der Waals surface area contributed by atoms with E-state index in [9.17, 15) is 5.11 Å². The topological polar surface area (TPSA) is 47.9 Å². The summed E-state index contributed by atoms with van der Waals surface area (Å²) in [6.45, 7) is 15.2. The van der Waals surface area contributed by atoms with Crippen molar-refractivity contribution < 1.29 is 19.3 Å². The summed E-state index contributed by atoms with van der Waals surface area (Å²) in [4.78, 5) is 0. The van der Waals surface area contributed by atoms with E-state index in [1.807, 2.05) is 13.8 Å². The molecule has 0 radical (unpaired) electrons. The van der Waals surface area contributed by atoms with Gasteiger partial charge in [-0.25, -0.2) is 0 Å². The zero-order valence-electron chi connectivity index (χ0n) is 14.3. The van der Waals surface area contributed by atoms with Crippen LogP contribution in [-0.4, -0.2) is 48.3 Å². The van der Waals surface area contributed by atoms with E-state index in [-0.39, 0.29) is 23.9 Å². The molecule has 0 fully saturated rings. The number of ether oxygens (including phenoxy) is 3. The molecule has 0 bridgehead atoms. The Morgan fingerprint density at radius 2 is 1.65 bits per heavy atom. The molecule has 0 spiro atoms. The summed E-state index contributed by atoms with van der Waals surface area (Å²) in [5.41, 5.74) is -0.284. The van der Waals surface area contributed by atoms with Crippen LogP contribution in [0.4, 0.5) is 0 Å². The van der Waals surface area contributed by atoms with Gasteiger partial charge < -0.3 is 19.3 Å². The minimum atomic E-state index is -0.422. The van der Waals surface area contributed by atoms with Crippen LogP contribution in [-0.2, 0) is 14.2 Å². The van der Waals surface area contributed by atoms with Crippen LogP contribution in [0.25, 0.3) is 0 Å². The van der Waals surface area contributed by atoms with Crippen LogP contribution in [0.3, 0.4) is 0 Å². The Labute approximate surface area is 124 Å². The first-order chi connectivity index (χ1) is 9.19. The first kappa shape index (κ1) is 19.8. The van der Waals surface area contributed by atoms with Crippen molar-refractivity contribution in [1.29, 1.82) is 0 Å². The first-order valence-corrected chi connectivity index (χ1v) is 7.78. The average molecular weight is 290 g/mol. The molecule has 0 amide bonds. The highest BCUT2D eigenvalue weighted by atomic mass is 16.6. The van der Waals surface area contributed by atoms with Gasteiger partial charge >= 0.3 is 0 Å². The quantitative estimate of drug-likeness (QED) is 0.635. The van der Waals surface area contributed by atoms with Crippen molar-refractivity contribution in [3.8, 4) is 0 Å². The molecule has 4 nitrogen and oxygen atoms in total. The minimum absolute atomic E-state index is 0.0213. The Kier molecular flexibility index (Phi) is 9.64. The van der Waals surface area contributed by atoms with E-state index in [1.54, 1.807) is 6.92 Å². The van der Waals surface area contributed by atoms with Gasteiger partial charge in [0, 0.05) is 6.61 Å². The van der Waals surface area contributed by atoms with Crippen molar-refractivity contribution in [2.45, 2.75) is 91.3 Å². The maximum Gasteiger partial charge on any atom is 0.0884 e. The third kappa shape index (κ3) is 8.90. The van der Waals surface area contributed by atoms with Crippen molar-refractivity contribution in [2.24, 2.45) is 0 Å². The molecule has 0 aromatic carbocycles. The van der Waals surface area contributed by atoms with Crippen LogP contribution in [0.15, 0.2) is 0 Å². The normalized spacial score (nSPS) is 18.6. The number of rotatable bonds is 11. The van der Waals surface area contributed by atoms with Crippen molar-refractivity contribution in [2.75, 3.05) is 13.2 Å². The van der Waals surface area contributed by atoms with E-state index in [0.717, 1.165) is 19.4 Å². The monoisotopic (exact) mass is 290 g/mol. The van der Waals surface area contributed by atoms with E-state index in [1.165, 1.54) is 0 Å². The van der Waals surface area contributed by atoms with E-state index >= 15 is 0 Å². The predicted molar refractivity (Wildman–Crippen MR) is 82.0 cm³/mol. The smallest absolute Gasteiger partial charge is 0.0884 e. The Balaban J connectivity index is 4.08. The lowest BCUT2D eigenvalue weighted by atomic mass is 10.0. The fourth-order valence-electron chi connectivity index (χ4n) is 1.89. The number of hydrogen-bond acceptors (Lipinski definition) is 4. The zero-order valence-corrected chi connectivity index (χ0v) is 14.3. The van der Waals surface area contributed by atoms with E-state index in [4.69, 9.17) is 14.2 Å². The van der Waals surface area contributed by atoms with Gasteiger partial charge in [0.05, 0.1) is 36.6 Å². The summed E-state index contributed by atoms with van der Waals surface area (Å²) >= 11 is 0. The van der Waals surface area contributed by atoms with Crippen LogP contribution >= 0.6 is 0 Å². The molecular weight excluding hydrogens is 256 g/mol. The van der Waals surface area contributed by atoms with Gasteiger partial charge in [0.15, 0.2) is 0 Å². The molecule has 4 heteroatoms. The highest BCUT2D eigenvalue weighted by molar-refractivity contribution is 4.78. The molecule has 0 aromatic rings. The molecule has 0 saturated carbocycles. The Hall–Kier alpha value is -0.160. The maximum absolute atomic E-state index is 9.20. The second-order valence-electron chi connectivity index (χ2n) is 6.27. The molecule has 122 valence electrons. The van der Waals surface area contributed by atoms with Gasteiger partial charge in [0.1, 0.15) is 0 Å². The van der Waals surface area contributed by atoms with Crippen molar-refractivity contribution >= 4 is 0 Å². The number of aliphatic hydroxyl groups excluding tert-OH is 1. The van der Waals surface area contributed by atoms with E-state index < -0.39 is 6.10 Å². The summed E-state index contributed by atoms with van der Waals surface area (Å²) in [5.74, 6) is 0. The third-order valence-electron chi connectivity index (χ3n) is 3.38. The molecule has 4 atom stereocenters. The molecule has 0 aliphatic heterocycles. The third-order valence-corrected chi connectivity index (χ3v) is 3.38. The summed E-state index contributed by atoms with van der Waals surface area (Å²) in [6, 6.07) is 0. The maximum atomic E-state index is 9.20. The van der Waals surface area contributed by atoms with Crippen LogP contribution in [0.2, 0.25) is 0 Å². The lowest BCUT2D eigenvalue weighted by Gasteiger charge is -2.34. The van der Waals surface area contributed by atoms with Crippen molar-refractivity contribution in [3.63, 3.8) is 0 Å². The Morgan fingerprint density at radius 3 is 2.15 bits per heavy atom. The lowest BCUT2D eigenvalue weighted by molar-refractivity contribution is -0.144. The Bertz CT molecular complexity index is 241. The molecule has 0 aliphatic carbocycles. The first-order valence-electron chi connectivity index (χ1n) is 7.78. The summed E-state index contributed by atoms with van der Waals surface area (Å²) in [5, 5.41) is 9.20. The lowest BCUT2D eigenvalue weighted by Crippen LogP contribution is -2.41. The highest BCUT2D eigenvalue weighted by Gasteiger charge is 2.29. The largest absolute Gasteiger partial charge is 0.391 e. The van der Waals surface area contributed by atoms with Gasteiger partial charge in [-0.15, -0.1) is 0 Å². The Morgan fingerprint density at radius 1 is 1.05 bits per heavy atom. The van der Waals surface area contributed by atoms with Gasteiger partial charge in [-0.1, -0.05) is 6.92 Å². The van der Waals surface area contributed by atoms with Crippen LogP contribution in [0.1, 0.15) is 61.3 Å². The molecule has 0 heterocycles. The van der Waals surface area contributed by atoms with Gasteiger partial charge in [-0.3, -0.25) is 0 Å². The standard InChI is InChI=1S/C16H34O4/c1-8-9-19-16(6,7)15(5)20-14(4)10-13(3)18-11-12(2)17/h12-15,17H,8-11H2,1-7H3. The predicted octanol–water partition coefficient (Wildman–Crippen LogP) is 3.16.